The van der Waals surface area contributed by atoms with Crippen LogP contribution >= 0.6 is 15.9 Å². The Morgan fingerprint density at radius 1 is 1.18 bits per heavy atom. The lowest BCUT2D eigenvalue weighted by atomic mass is 10.2. The second kappa shape index (κ2) is 9.46. The van der Waals surface area contributed by atoms with Crippen LogP contribution in [0.25, 0.3) is 22.3 Å². The van der Waals surface area contributed by atoms with Gasteiger partial charge in [0.15, 0.2) is 5.82 Å². The molecule has 0 saturated carbocycles. The van der Waals surface area contributed by atoms with Gasteiger partial charge in [0, 0.05) is 17.2 Å². The lowest BCUT2D eigenvalue weighted by Crippen LogP contribution is -2.20. The van der Waals surface area contributed by atoms with Crippen LogP contribution in [-0.4, -0.2) is 27.4 Å². The van der Waals surface area contributed by atoms with E-state index in [9.17, 15) is 14.9 Å². The molecule has 0 amide bonds. The number of ether oxygens (including phenoxy) is 1. The zero-order chi connectivity index (χ0) is 23.4. The first kappa shape index (κ1) is 21.9. The summed E-state index contributed by atoms with van der Waals surface area (Å²) in [5.74, 6) is 2.64. The van der Waals surface area contributed by atoms with Gasteiger partial charge in [0.25, 0.3) is 5.56 Å². The van der Waals surface area contributed by atoms with E-state index in [0.29, 0.717) is 32.3 Å². The summed E-state index contributed by atoms with van der Waals surface area (Å²) in [7, 11) is 0. The molecule has 9 heteroatoms. The molecule has 0 spiro atoms. The molecule has 0 N–H and O–H groups in total. The Labute approximate surface area is 196 Å². The third-order valence-electron chi connectivity index (χ3n) is 4.65. The van der Waals surface area contributed by atoms with Crippen molar-refractivity contribution in [3.63, 3.8) is 0 Å². The molecule has 0 aliphatic carbocycles. The summed E-state index contributed by atoms with van der Waals surface area (Å²) in [6.45, 7) is -0.120. The quantitative estimate of drug-likeness (QED) is 0.165. The van der Waals surface area contributed by atoms with E-state index in [1.807, 2.05) is 30.3 Å². The van der Waals surface area contributed by atoms with Crippen LogP contribution in [0.15, 0.2) is 81.1 Å². The average molecular weight is 503 g/mol. The molecule has 0 saturated heterocycles. The Bertz CT molecular complexity index is 1490. The number of terminal acetylenes is 1. The molecule has 0 aliphatic heterocycles. The summed E-state index contributed by atoms with van der Waals surface area (Å²) in [5.41, 5.74) is 0.969. The molecule has 162 valence electrons. The molecule has 0 unspecified atom stereocenters. The molecule has 4 aromatic rings. The first-order valence-corrected chi connectivity index (χ1v) is 10.4. The fourth-order valence-corrected chi connectivity index (χ4v) is 3.78. The van der Waals surface area contributed by atoms with E-state index in [4.69, 9.17) is 11.2 Å². The molecule has 0 aliphatic rings. The van der Waals surface area contributed by atoms with Crippen molar-refractivity contribution >= 4 is 38.7 Å². The Morgan fingerprint density at radius 3 is 2.64 bits per heavy atom. The third kappa shape index (κ3) is 4.51. The van der Waals surface area contributed by atoms with Crippen LogP contribution in [0.3, 0.4) is 0 Å². The summed E-state index contributed by atoms with van der Waals surface area (Å²) in [4.78, 5) is 28.8. The zero-order valence-electron chi connectivity index (χ0n) is 17.0. The Kier molecular flexibility index (Phi) is 6.29. The summed E-state index contributed by atoms with van der Waals surface area (Å²) in [6.07, 6.45) is 6.54. The van der Waals surface area contributed by atoms with Crippen molar-refractivity contribution in [2.45, 2.75) is 0 Å². The maximum absolute atomic E-state index is 13.2. The minimum absolute atomic E-state index is 0.0182. The van der Waals surface area contributed by atoms with Crippen molar-refractivity contribution in [2.75, 3.05) is 6.61 Å². The molecule has 4 rings (SSSR count). The molecular formula is C24H15BrN4O4. The molecule has 0 fully saturated rings. The number of nitro groups is 1. The highest BCUT2D eigenvalue weighted by molar-refractivity contribution is 9.10. The van der Waals surface area contributed by atoms with E-state index in [0.717, 1.165) is 0 Å². The lowest BCUT2D eigenvalue weighted by Gasteiger charge is -2.10. The molecule has 8 nitrogen and oxygen atoms in total. The SMILES string of the molecule is C#CCOc1c(Br)cc(C=Nn2c(-c3ccccc3)nc3ccccc3c2=O)cc1[N+](=O)[O-]. The van der Waals surface area contributed by atoms with Gasteiger partial charge < -0.3 is 4.74 Å². The maximum Gasteiger partial charge on any atom is 0.312 e. The summed E-state index contributed by atoms with van der Waals surface area (Å²) < 4.78 is 6.82. The van der Waals surface area contributed by atoms with Gasteiger partial charge in [-0.1, -0.05) is 48.4 Å². The van der Waals surface area contributed by atoms with E-state index >= 15 is 0 Å². The minimum Gasteiger partial charge on any atom is -0.473 e. The van der Waals surface area contributed by atoms with Crippen molar-refractivity contribution in [3.8, 4) is 29.5 Å². The summed E-state index contributed by atoms with van der Waals surface area (Å²) >= 11 is 3.28. The molecular weight excluding hydrogens is 488 g/mol. The van der Waals surface area contributed by atoms with Gasteiger partial charge in [-0.15, -0.1) is 6.42 Å². The topological polar surface area (TPSA) is 99.6 Å². The Hall–Kier alpha value is -4.29. The number of rotatable bonds is 6. The zero-order valence-corrected chi connectivity index (χ0v) is 18.6. The van der Waals surface area contributed by atoms with E-state index in [-0.39, 0.29) is 23.6 Å². The summed E-state index contributed by atoms with van der Waals surface area (Å²) in [6, 6.07) is 19.0. The van der Waals surface area contributed by atoms with Crippen molar-refractivity contribution in [2.24, 2.45) is 5.10 Å². The van der Waals surface area contributed by atoms with Gasteiger partial charge in [0.2, 0.25) is 5.75 Å². The smallest absolute Gasteiger partial charge is 0.312 e. The van der Waals surface area contributed by atoms with Gasteiger partial charge >= 0.3 is 5.69 Å². The van der Waals surface area contributed by atoms with Gasteiger partial charge in [-0.3, -0.25) is 14.9 Å². The van der Waals surface area contributed by atoms with Crippen molar-refractivity contribution in [3.05, 3.63) is 97.2 Å². The van der Waals surface area contributed by atoms with E-state index in [2.05, 4.69) is 31.9 Å². The number of halogens is 1. The van der Waals surface area contributed by atoms with Crippen molar-refractivity contribution in [1.29, 1.82) is 0 Å². The highest BCUT2D eigenvalue weighted by atomic mass is 79.9. The minimum atomic E-state index is -0.576. The molecule has 33 heavy (non-hydrogen) atoms. The number of para-hydroxylation sites is 1. The first-order valence-electron chi connectivity index (χ1n) is 9.65. The van der Waals surface area contributed by atoms with Crippen molar-refractivity contribution < 1.29 is 9.66 Å². The normalized spacial score (nSPS) is 10.9. The van der Waals surface area contributed by atoms with Crippen LogP contribution in [0.2, 0.25) is 0 Å². The van der Waals surface area contributed by atoms with Crippen LogP contribution in [-0.2, 0) is 0 Å². The average Bonchev–Trinajstić information content (AvgIpc) is 2.83. The van der Waals surface area contributed by atoms with Gasteiger partial charge in [0.05, 0.1) is 26.5 Å². The number of hydrogen-bond donors (Lipinski definition) is 0. The second-order valence-corrected chi connectivity index (χ2v) is 7.64. The fourth-order valence-electron chi connectivity index (χ4n) is 3.20. The standard InChI is InChI=1S/C24H15BrN4O4/c1-2-12-33-22-19(25)13-16(14-21(22)29(31)32)15-26-28-23(17-8-4-3-5-9-17)27-20-11-7-6-10-18(20)24(28)30/h1,3-11,13-15H,12H2. The van der Waals surface area contributed by atoms with Crippen LogP contribution in [0.4, 0.5) is 5.69 Å². The predicted octanol–water partition coefficient (Wildman–Crippen LogP) is 4.63. The highest BCUT2D eigenvalue weighted by Gasteiger charge is 2.20. The van der Waals surface area contributed by atoms with Crippen LogP contribution < -0.4 is 10.3 Å². The fraction of sp³-hybridized carbons (Fsp3) is 0.0417. The third-order valence-corrected chi connectivity index (χ3v) is 5.24. The number of nitrogens with zero attached hydrogens (tertiary/aromatic N) is 4. The molecule has 0 atom stereocenters. The molecule has 0 radical (unpaired) electrons. The number of nitro benzene ring substituents is 1. The predicted molar refractivity (Wildman–Crippen MR) is 130 cm³/mol. The number of benzene rings is 3. The van der Waals surface area contributed by atoms with Crippen LogP contribution in [0.1, 0.15) is 5.56 Å². The maximum atomic E-state index is 13.2. The van der Waals surface area contributed by atoms with Gasteiger partial charge in [-0.05, 0) is 34.1 Å². The largest absolute Gasteiger partial charge is 0.473 e. The number of hydrogen-bond acceptors (Lipinski definition) is 6. The van der Waals surface area contributed by atoms with E-state index in [1.165, 1.54) is 17.0 Å². The second-order valence-electron chi connectivity index (χ2n) is 6.78. The molecule has 1 aromatic heterocycles. The Balaban J connectivity index is 1.86. The number of aromatic nitrogens is 2. The van der Waals surface area contributed by atoms with E-state index in [1.54, 1.807) is 30.3 Å². The van der Waals surface area contributed by atoms with Gasteiger partial charge in [0.1, 0.15) is 6.61 Å². The number of fused-ring (bicyclic) bond motifs is 1. The highest BCUT2D eigenvalue weighted by Crippen LogP contribution is 2.36. The van der Waals surface area contributed by atoms with Crippen molar-refractivity contribution in [1.82, 2.24) is 9.66 Å². The first-order chi connectivity index (χ1) is 16.0. The summed E-state index contributed by atoms with van der Waals surface area (Å²) in [5, 5.41) is 16.3. The van der Waals surface area contributed by atoms with E-state index < -0.39 is 4.92 Å². The lowest BCUT2D eigenvalue weighted by molar-refractivity contribution is -0.385. The van der Waals surface area contributed by atoms with Crippen LogP contribution in [0.5, 0.6) is 5.75 Å². The van der Waals surface area contributed by atoms with Crippen LogP contribution in [0, 0.1) is 22.5 Å². The van der Waals surface area contributed by atoms with Gasteiger partial charge in [-0.25, -0.2) is 4.98 Å². The van der Waals surface area contributed by atoms with Gasteiger partial charge in [-0.2, -0.15) is 9.78 Å². The monoisotopic (exact) mass is 502 g/mol. The molecule has 3 aromatic carbocycles. The molecule has 0 bridgehead atoms. The molecule has 1 heterocycles. The Morgan fingerprint density at radius 2 is 1.91 bits per heavy atom.